The minimum absolute atomic E-state index is 0.915. The van der Waals surface area contributed by atoms with Crippen LogP contribution in [0.1, 0.15) is 0 Å². The van der Waals surface area contributed by atoms with Crippen LogP contribution in [-0.2, 0) is 0 Å². The lowest BCUT2D eigenvalue weighted by Gasteiger charge is -2.31. The van der Waals surface area contributed by atoms with Gasteiger partial charge in [0.15, 0.2) is 0 Å². The third kappa shape index (κ3) is 5.82. The van der Waals surface area contributed by atoms with E-state index in [0.717, 1.165) is 104 Å². The second-order valence-electron chi connectivity index (χ2n) is 21.0. The van der Waals surface area contributed by atoms with E-state index in [0.29, 0.717) is 0 Å². The van der Waals surface area contributed by atoms with Crippen molar-refractivity contribution in [3.8, 4) is 39.0 Å². The van der Waals surface area contributed by atoms with Crippen molar-refractivity contribution in [3.63, 3.8) is 0 Å². The van der Waals surface area contributed by atoms with E-state index in [1.165, 1.54) is 53.9 Å². The first-order valence-corrected chi connectivity index (χ1v) is 28.1. The van der Waals surface area contributed by atoms with Crippen molar-refractivity contribution in [1.82, 2.24) is 27.8 Å². The molecule has 80 heavy (non-hydrogen) atoms. The van der Waals surface area contributed by atoms with Crippen LogP contribution in [0.4, 0.5) is 0 Å². The molecule has 0 saturated heterocycles. The van der Waals surface area contributed by atoms with E-state index in [4.69, 9.17) is 4.98 Å². The second-order valence-corrected chi connectivity index (χ2v) is 22.0. The molecule has 18 aromatic rings. The van der Waals surface area contributed by atoms with Gasteiger partial charge in [0.2, 0.25) is 0 Å². The van der Waals surface area contributed by atoms with Crippen LogP contribution in [0.25, 0.3) is 158 Å². The summed E-state index contributed by atoms with van der Waals surface area (Å²) < 4.78 is 14.1. The molecule has 6 heterocycles. The summed E-state index contributed by atoms with van der Waals surface area (Å²) in [6.45, 7) is 0. The zero-order valence-corrected chi connectivity index (χ0v) is 43.8. The van der Waals surface area contributed by atoms with E-state index in [-0.39, 0.29) is 0 Å². The summed E-state index contributed by atoms with van der Waals surface area (Å²) in [6.07, 6.45) is 0. The highest BCUT2D eigenvalue weighted by atomic mass is 32.1. The molecule has 0 fully saturated rings. The van der Waals surface area contributed by atoms with Gasteiger partial charge in [0.25, 0.3) is 0 Å². The van der Waals surface area contributed by atoms with E-state index >= 15 is 0 Å². The van der Waals surface area contributed by atoms with Gasteiger partial charge in [-0.25, -0.2) is 4.98 Å². The first kappa shape index (κ1) is 43.6. The lowest BCUT2D eigenvalue weighted by atomic mass is 10.0. The molecule has 6 nitrogen and oxygen atoms in total. The average Bonchev–Trinajstić information content (AvgIpc) is 4.32. The van der Waals surface area contributed by atoms with Gasteiger partial charge in [-0.05, 0) is 72.8 Å². The summed E-state index contributed by atoms with van der Waals surface area (Å²) in [4.78, 5) is 5.90. The number of aromatic nitrogens is 6. The highest BCUT2D eigenvalue weighted by Crippen LogP contribution is 2.55. The number of hydrogen-bond acceptors (Lipinski definition) is 2. The molecule has 0 radical (unpaired) electrons. The van der Waals surface area contributed by atoms with Crippen LogP contribution in [0.2, 0.25) is 0 Å². The van der Waals surface area contributed by atoms with Gasteiger partial charge in [0, 0.05) is 53.9 Å². The standard InChI is InChI=1S/C73H44N6S/c1-12-34-56-45(23-1)46-24-2-13-35-57(46)75(56)68-67(73-74-55-33-11-22-44-66(55)80-73)69(76-58-36-14-3-25-47(58)48-26-4-15-37-59(48)76)71(78-62-40-18-7-29-51(62)52-30-8-19-41-63(52)78)72(79-64-42-20-9-31-53(64)54-32-10-21-43-65(54)79)70(68)77-60-38-16-5-27-49(60)50-28-6-17-39-61(50)77/h1-44H. The molecule has 7 heteroatoms. The van der Waals surface area contributed by atoms with Crippen molar-refractivity contribution >= 4 is 131 Å². The van der Waals surface area contributed by atoms with Crippen molar-refractivity contribution in [1.29, 1.82) is 0 Å². The van der Waals surface area contributed by atoms with Gasteiger partial charge >= 0.3 is 0 Å². The van der Waals surface area contributed by atoms with Crippen LogP contribution in [0.3, 0.4) is 0 Å². The minimum Gasteiger partial charge on any atom is -0.306 e. The fraction of sp³-hybridized carbons (Fsp3) is 0. The van der Waals surface area contributed by atoms with Crippen molar-refractivity contribution in [2.45, 2.75) is 0 Å². The molecule has 0 bridgehead atoms. The Balaban J connectivity index is 1.26. The van der Waals surface area contributed by atoms with Gasteiger partial charge in [-0.3, -0.25) is 0 Å². The monoisotopic (exact) mass is 1040 g/mol. The molecule has 0 spiro atoms. The molecule has 0 amide bonds. The highest BCUT2D eigenvalue weighted by molar-refractivity contribution is 7.21. The highest BCUT2D eigenvalue weighted by Gasteiger charge is 2.37. The van der Waals surface area contributed by atoms with E-state index in [1.54, 1.807) is 11.3 Å². The van der Waals surface area contributed by atoms with Crippen LogP contribution in [-0.4, -0.2) is 27.8 Å². The van der Waals surface area contributed by atoms with E-state index in [1.807, 2.05) is 0 Å². The Morgan fingerprint density at radius 3 is 0.662 bits per heavy atom. The Bertz CT molecular complexity index is 5090. The van der Waals surface area contributed by atoms with Gasteiger partial charge in [-0.15, -0.1) is 11.3 Å². The maximum Gasteiger partial charge on any atom is 0.129 e. The molecule has 12 aromatic carbocycles. The van der Waals surface area contributed by atoms with Crippen molar-refractivity contribution in [2.75, 3.05) is 0 Å². The molecule has 18 rings (SSSR count). The Morgan fingerprint density at radius 1 is 0.212 bits per heavy atom. The maximum atomic E-state index is 5.90. The van der Waals surface area contributed by atoms with Crippen molar-refractivity contribution in [2.24, 2.45) is 0 Å². The van der Waals surface area contributed by atoms with Crippen molar-refractivity contribution < 1.29 is 0 Å². The number of rotatable bonds is 6. The minimum atomic E-state index is 0.915. The van der Waals surface area contributed by atoms with Gasteiger partial charge in [0.1, 0.15) is 5.01 Å². The molecular weight excluding hydrogens is 993 g/mol. The fourth-order valence-corrected chi connectivity index (χ4v) is 14.8. The lowest BCUT2D eigenvalue weighted by molar-refractivity contribution is 1.00. The topological polar surface area (TPSA) is 37.5 Å². The molecule has 0 aliphatic carbocycles. The van der Waals surface area contributed by atoms with Crippen LogP contribution in [0.15, 0.2) is 267 Å². The van der Waals surface area contributed by atoms with Crippen LogP contribution in [0, 0.1) is 0 Å². The number of hydrogen-bond donors (Lipinski definition) is 0. The maximum absolute atomic E-state index is 5.90. The summed E-state index contributed by atoms with van der Waals surface area (Å²) in [6, 6.07) is 98.6. The molecule has 0 aliphatic rings. The number of nitrogens with zero attached hydrogens (tertiary/aromatic N) is 6. The molecule has 0 aliphatic heterocycles. The van der Waals surface area contributed by atoms with E-state index < -0.39 is 0 Å². The largest absolute Gasteiger partial charge is 0.306 e. The Hall–Kier alpha value is -10.5. The smallest absolute Gasteiger partial charge is 0.129 e. The van der Waals surface area contributed by atoms with Gasteiger partial charge in [-0.1, -0.05) is 194 Å². The Kier molecular flexibility index (Phi) is 9.01. The number of thiazole rings is 1. The summed E-state index contributed by atoms with van der Waals surface area (Å²) in [5, 5.41) is 12.7. The zero-order chi connectivity index (χ0) is 52.2. The number of fused-ring (bicyclic) bond motifs is 16. The summed E-state index contributed by atoms with van der Waals surface area (Å²) in [5.41, 5.74) is 18.1. The molecule has 0 atom stereocenters. The SMILES string of the molecule is c1ccc2sc(-c3c(-n4c5ccccc5c5ccccc54)c(-n4c5ccccc5c5ccccc54)c(-n4c5ccccc5c5ccccc54)c(-n4c5ccccc5c5ccccc54)c3-n3c4ccccc4c4ccccc43)nc2c1. The zero-order valence-electron chi connectivity index (χ0n) is 43.0. The molecule has 6 aromatic heterocycles. The van der Waals surface area contributed by atoms with Crippen LogP contribution < -0.4 is 0 Å². The first-order chi connectivity index (χ1) is 39.8. The predicted octanol–water partition coefficient (Wildman–Crippen LogP) is 19.4. The molecule has 372 valence electrons. The van der Waals surface area contributed by atoms with E-state index in [9.17, 15) is 0 Å². The van der Waals surface area contributed by atoms with Gasteiger partial charge in [0.05, 0.1) is 99.4 Å². The Morgan fingerprint density at radius 2 is 0.412 bits per heavy atom. The Labute approximate surface area is 461 Å². The van der Waals surface area contributed by atoms with Crippen LogP contribution in [0.5, 0.6) is 0 Å². The van der Waals surface area contributed by atoms with Crippen LogP contribution >= 0.6 is 11.3 Å². The molecule has 0 unspecified atom stereocenters. The number of para-hydroxylation sites is 11. The fourth-order valence-electron chi connectivity index (χ4n) is 13.8. The van der Waals surface area contributed by atoms with Crippen molar-refractivity contribution in [3.05, 3.63) is 267 Å². The third-order valence-corrected chi connectivity index (χ3v) is 18.0. The van der Waals surface area contributed by atoms with Gasteiger partial charge in [-0.2, -0.15) is 0 Å². The molecular formula is C73H44N6S. The summed E-state index contributed by atoms with van der Waals surface area (Å²) in [5.74, 6) is 0. The third-order valence-electron chi connectivity index (χ3n) is 16.9. The molecule has 0 N–H and O–H groups in total. The summed E-state index contributed by atoms with van der Waals surface area (Å²) >= 11 is 1.77. The van der Waals surface area contributed by atoms with E-state index in [2.05, 4.69) is 290 Å². The quantitative estimate of drug-likeness (QED) is 0.164. The second kappa shape index (κ2) is 16.5. The normalized spacial score (nSPS) is 12.2. The van der Waals surface area contributed by atoms with Gasteiger partial charge < -0.3 is 22.8 Å². The first-order valence-electron chi connectivity index (χ1n) is 27.3. The lowest BCUT2D eigenvalue weighted by Crippen LogP contribution is -2.18. The molecule has 0 saturated carbocycles. The predicted molar refractivity (Wildman–Crippen MR) is 337 cm³/mol. The summed E-state index contributed by atoms with van der Waals surface area (Å²) in [7, 11) is 0. The number of benzene rings is 12. The average molecular weight is 1040 g/mol.